The minimum atomic E-state index is -0.342. The van der Waals surface area contributed by atoms with Crippen molar-refractivity contribution in [2.45, 2.75) is 6.54 Å². The number of rotatable bonds is 5. The molecule has 0 bridgehead atoms. The zero-order valence-corrected chi connectivity index (χ0v) is 13.4. The highest BCUT2D eigenvalue weighted by atomic mass is 16.5. The molecule has 24 heavy (non-hydrogen) atoms. The van der Waals surface area contributed by atoms with Crippen LogP contribution in [-0.4, -0.2) is 30.2 Å². The number of methoxy groups -OCH3 is 2. The number of para-hydroxylation sites is 2. The van der Waals surface area contributed by atoms with Gasteiger partial charge in [-0.2, -0.15) is 0 Å². The highest BCUT2D eigenvalue weighted by molar-refractivity contribution is 5.89. The van der Waals surface area contributed by atoms with Crippen molar-refractivity contribution in [3.05, 3.63) is 48.3 Å². The fourth-order valence-electron chi connectivity index (χ4n) is 2.31. The summed E-state index contributed by atoms with van der Waals surface area (Å²) in [5.74, 6) is 1.89. The molecule has 0 fully saturated rings. The number of aromatic nitrogens is 2. The Balaban J connectivity index is 1.63. The summed E-state index contributed by atoms with van der Waals surface area (Å²) in [6.07, 6.45) is 0. The van der Waals surface area contributed by atoms with Crippen molar-refractivity contribution in [2.75, 3.05) is 19.5 Å². The van der Waals surface area contributed by atoms with Crippen molar-refractivity contribution in [3.8, 4) is 11.5 Å². The average Bonchev–Trinajstić information content (AvgIpc) is 3.02. The molecule has 0 saturated carbocycles. The molecule has 0 spiro atoms. The number of anilines is 1. The van der Waals surface area contributed by atoms with Gasteiger partial charge in [-0.1, -0.05) is 12.1 Å². The molecular formula is C17H18N4O3. The monoisotopic (exact) mass is 326 g/mol. The molecule has 1 heterocycles. The lowest BCUT2D eigenvalue weighted by Crippen LogP contribution is -2.28. The molecule has 0 aliphatic carbocycles. The number of imidazole rings is 1. The van der Waals surface area contributed by atoms with E-state index in [1.807, 2.05) is 24.3 Å². The maximum atomic E-state index is 12.1. The van der Waals surface area contributed by atoms with Gasteiger partial charge in [0, 0.05) is 23.9 Å². The Morgan fingerprint density at radius 1 is 1.12 bits per heavy atom. The van der Waals surface area contributed by atoms with Crippen molar-refractivity contribution in [1.82, 2.24) is 15.3 Å². The summed E-state index contributed by atoms with van der Waals surface area (Å²) in [6.45, 7) is 0.293. The van der Waals surface area contributed by atoms with Gasteiger partial charge in [0.2, 0.25) is 0 Å². The van der Waals surface area contributed by atoms with E-state index in [9.17, 15) is 4.79 Å². The fraction of sp³-hybridized carbons (Fsp3) is 0.176. The second kappa shape index (κ2) is 6.91. The molecule has 3 rings (SSSR count). The number of ether oxygens (including phenoxy) is 2. The number of fused-ring (bicyclic) bond motifs is 1. The van der Waals surface area contributed by atoms with E-state index in [4.69, 9.17) is 9.47 Å². The Morgan fingerprint density at radius 3 is 2.50 bits per heavy atom. The highest BCUT2D eigenvalue weighted by Crippen LogP contribution is 2.25. The van der Waals surface area contributed by atoms with Crippen molar-refractivity contribution >= 4 is 22.8 Å². The van der Waals surface area contributed by atoms with Gasteiger partial charge in [-0.25, -0.2) is 9.78 Å². The molecule has 124 valence electrons. The molecule has 0 atom stereocenters. The molecule has 0 saturated heterocycles. The van der Waals surface area contributed by atoms with Gasteiger partial charge in [-0.15, -0.1) is 0 Å². The lowest BCUT2D eigenvalue weighted by atomic mass is 10.3. The molecule has 3 N–H and O–H groups in total. The molecule has 0 aliphatic heterocycles. The van der Waals surface area contributed by atoms with Crippen LogP contribution in [0, 0.1) is 0 Å². The van der Waals surface area contributed by atoms with Crippen LogP contribution in [0.15, 0.2) is 42.5 Å². The van der Waals surface area contributed by atoms with Crippen molar-refractivity contribution in [3.63, 3.8) is 0 Å². The number of amides is 2. The molecule has 0 unspecified atom stereocenters. The van der Waals surface area contributed by atoms with Crippen LogP contribution in [0.2, 0.25) is 0 Å². The molecule has 7 heteroatoms. The third-order valence-electron chi connectivity index (χ3n) is 3.46. The van der Waals surface area contributed by atoms with Gasteiger partial charge in [0.05, 0.1) is 31.8 Å². The van der Waals surface area contributed by atoms with E-state index in [1.54, 1.807) is 32.4 Å². The van der Waals surface area contributed by atoms with Crippen LogP contribution in [-0.2, 0) is 6.54 Å². The second-order valence-corrected chi connectivity index (χ2v) is 5.11. The number of benzene rings is 2. The van der Waals surface area contributed by atoms with Gasteiger partial charge in [0.1, 0.15) is 17.3 Å². The first-order valence-corrected chi connectivity index (χ1v) is 7.39. The van der Waals surface area contributed by atoms with E-state index in [2.05, 4.69) is 20.6 Å². The Labute approximate surface area is 139 Å². The number of carbonyl (C=O) groups is 1. The zero-order chi connectivity index (χ0) is 16.9. The SMILES string of the molecule is COc1cc(NC(=O)NCc2nc3ccccc3[nH]2)cc(OC)c1. The minimum absolute atomic E-state index is 0.293. The molecule has 0 aliphatic rings. The number of hydrogen-bond acceptors (Lipinski definition) is 4. The largest absolute Gasteiger partial charge is 0.497 e. The first kappa shape index (κ1) is 15.7. The normalized spacial score (nSPS) is 10.4. The van der Waals surface area contributed by atoms with Crippen LogP contribution >= 0.6 is 0 Å². The van der Waals surface area contributed by atoms with Gasteiger partial charge in [0.15, 0.2) is 0 Å². The van der Waals surface area contributed by atoms with Gasteiger partial charge in [0.25, 0.3) is 0 Å². The Kier molecular flexibility index (Phi) is 4.51. The lowest BCUT2D eigenvalue weighted by molar-refractivity contribution is 0.251. The van der Waals surface area contributed by atoms with Crippen LogP contribution in [0.25, 0.3) is 11.0 Å². The standard InChI is InChI=1S/C17H18N4O3/c1-23-12-7-11(8-13(9-12)24-2)19-17(22)18-10-16-20-14-5-3-4-6-15(14)21-16/h3-9H,10H2,1-2H3,(H,20,21)(H2,18,19,22). The summed E-state index contributed by atoms with van der Waals surface area (Å²) in [5.41, 5.74) is 2.38. The second-order valence-electron chi connectivity index (χ2n) is 5.11. The molecule has 2 amide bonds. The molecule has 0 radical (unpaired) electrons. The van der Waals surface area contributed by atoms with E-state index in [-0.39, 0.29) is 6.03 Å². The predicted octanol–water partition coefficient (Wildman–Crippen LogP) is 2.90. The van der Waals surface area contributed by atoms with Crippen LogP contribution < -0.4 is 20.1 Å². The summed E-state index contributed by atoms with van der Waals surface area (Å²) < 4.78 is 10.4. The smallest absolute Gasteiger partial charge is 0.319 e. The molecule has 3 aromatic rings. The Bertz CT molecular complexity index is 805. The number of hydrogen-bond donors (Lipinski definition) is 3. The fourth-order valence-corrected chi connectivity index (χ4v) is 2.31. The van der Waals surface area contributed by atoms with E-state index < -0.39 is 0 Å². The van der Waals surface area contributed by atoms with Crippen molar-refractivity contribution in [1.29, 1.82) is 0 Å². The predicted molar refractivity (Wildman–Crippen MR) is 91.5 cm³/mol. The topological polar surface area (TPSA) is 88.3 Å². The number of carbonyl (C=O) groups excluding carboxylic acids is 1. The highest BCUT2D eigenvalue weighted by Gasteiger charge is 2.07. The summed E-state index contributed by atoms with van der Waals surface area (Å²) in [7, 11) is 3.11. The quantitative estimate of drug-likeness (QED) is 0.672. The lowest BCUT2D eigenvalue weighted by Gasteiger charge is -2.10. The van der Waals surface area contributed by atoms with Gasteiger partial charge in [-0.3, -0.25) is 0 Å². The van der Waals surface area contributed by atoms with Crippen LogP contribution in [0.1, 0.15) is 5.82 Å². The average molecular weight is 326 g/mol. The summed E-state index contributed by atoms with van der Waals surface area (Å²) in [6, 6.07) is 12.5. The van der Waals surface area contributed by atoms with E-state index in [0.29, 0.717) is 29.6 Å². The van der Waals surface area contributed by atoms with Crippen molar-refractivity contribution < 1.29 is 14.3 Å². The first-order valence-electron chi connectivity index (χ1n) is 7.39. The van der Waals surface area contributed by atoms with Crippen LogP contribution in [0.3, 0.4) is 0 Å². The first-order chi connectivity index (χ1) is 11.7. The Morgan fingerprint density at radius 2 is 1.83 bits per heavy atom. The molecule has 7 nitrogen and oxygen atoms in total. The summed E-state index contributed by atoms with van der Waals surface area (Å²) in [5, 5.41) is 5.50. The third kappa shape index (κ3) is 3.57. The molecule has 1 aromatic heterocycles. The molecule has 2 aromatic carbocycles. The van der Waals surface area contributed by atoms with Crippen LogP contribution in [0.5, 0.6) is 11.5 Å². The summed E-state index contributed by atoms with van der Waals surface area (Å²) in [4.78, 5) is 19.6. The summed E-state index contributed by atoms with van der Waals surface area (Å²) >= 11 is 0. The van der Waals surface area contributed by atoms with Crippen molar-refractivity contribution in [2.24, 2.45) is 0 Å². The van der Waals surface area contributed by atoms with E-state index in [1.165, 1.54) is 0 Å². The number of aromatic amines is 1. The van der Waals surface area contributed by atoms with Gasteiger partial charge < -0.3 is 25.1 Å². The minimum Gasteiger partial charge on any atom is -0.497 e. The zero-order valence-electron chi connectivity index (χ0n) is 13.4. The van der Waals surface area contributed by atoms with Gasteiger partial charge >= 0.3 is 6.03 Å². The maximum Gasteiger partial charge on any atom is 0.319 e. The number of urea groups is 1. The maximum absolute atomic E-state index is 12.1. The number of nitrogens with zero attached hydrogens (tertiary/aromatic N) is 1. The van der Waals surface area contributed by atoms with Crippen LogP contribution in [0.4, 0.5) is 10.5 Å². The number of nitrogens with one attached hydrogen (secondary N) is 3. The van der Waals surface area contributed by atoms with E-state index in [0.717, 1.165) is 11.0 Å². The van der Waals surface area contributed by atoms with Gasteiger partial charge in [-0.05, 0) is 12.1 Å². The van der Waals surface area contributed by atoms with E-state index >= 15 is 0 Å². The molecular weight excluding hydrogens is 308 g/mol. The Hall–Kier alpha value is -3.22. The third-order valence-corrected chi connectivity index (χ3v) is 3.46. The number of H-pyrrole nitrogens is 1.